The molecule has 0 unspecified atom stereocenters. The molecular weight excluding hydrogens is 383 g/mol. The quantitative estimate of drug-likeness (QED) is 0.596. The van der Waals surface area contributed by atoms with Gasteiger partial charge in [0.15, 0.2) is 11.6 Å². The molecule has 1 fully saturated rings. The van der Waals surface area contributed by atoms with Crippen LogP contribution in [0, 0.1) is 12.7 Å². The Hall–Kier alpha value is -3.39. The third-order valence-electron chi connectivity index (χ3n) is 4.83. The van der Waals surface area contributed by atoms with Crippen LogP contribution in [0.5, 0.6) is 0 Å². The summed E-state index contributed by atoms with van der Waals surface area (Å²) in [6, 6.07) is 16.1. The van der Waals surface area contributed by atoms with Gasteiger partial charge in [-0.2, -0.15) is 10.1 Å². The van der Waals surface area contributed by atoms with E-state index in [0.717, 1.165) is 28.7 Å². The number of nitrogens with zero attached hydrogens (tertiary/aromatic N) is 5. The summed E-state index contributed by atoms with van der Waals surface area (Å²) < 4.78 is 19.4. The van der Waals surface area contributed by atoms with Crippen LogP contribution in [0.1, 0.15) is 11.1 Å². The lowest BCUT2D eigenvalue weighted by Gasteiger charge is -2.27. The smallest absolute Gasteiger partial charge is 0.270 e. The second kappa shape index (κ2) is 9.41. The topological polar surface area (TPSA) is 75.0 Å². The van der Waals surface area contributed by atoms with E-state index in [1.54, 1.807) is 0 Å². The first kappa shape index (κ1) is 19.9. The highest BCUT2D eigenvalue weighted by Crippen LogP contribution is 2.22. The van der Waals surface area contributed by atoms with Gasteiger partial charge in [-0.25, -0.2) is 9.37 Å². The van der Waals surface area contributed by atoms with E-state index in [1.165, 1.54) is 0 Å². The lowest BCUT2D eigenvalue weighted by Crippen LogP contribution is -2.37. The van der Waals surface area contributed by atoms with Crippen LogP contribution < -0.4 is 10.2 Å². The van der Waals surface area contributed by atoms with Gasteiger partial charge in [0.05, 0.1) is 26.0 Å². The lowest BCUT2D eigenvalue weighted by atomic mass is 10.1. The van der Waals surface area contributed by atoms with Gasteiger partial charge < -0.3 is 15.0 Å². The zero-order valence-electron chi connectivity index (χ0n) is 16.8. The predicted molar refractivity (Wildman–Crippen MR) is 114 cm³/mol. The number of morpholine rings is 1. The average Bonchev–Trinajstić information content (AvgIpc) is 2.78. The SMILES string of the molecule is Cc1cc(Nc2ccccc2)ccc1CN=Nc1ncc(F)c(N2CCOCC2)n1. The van der Waals surface area contributed by atoms with Crippen LogP contribution in [-0.4, -0.2) is 36.3 Å². The van der Waals surface area contributed by atoms with Gasteiger partial charge in [-0.1, -0.05) is 24.3 Å². The van der Waals surface area contributed by atoms with Crippen molar-refractivity contribution in [1.29, 1.82) is 0 Å². The van der Waals surface area contributed by atoms with E-state index < -0.39 is 5.82 Å². The van der Waals surface area contributed by atoms with E-state index in [2.05, 4.69) is 31.6 Å². The van der Waals surface area contributed by atoms with Gasteiger partial charge in [-0.3, -0.25) is 0 Å². The van der Waals surface area contributed by atoms with Gasteiger partial charge in [0.25, 0.3) is 5.95 Å². The minimum absolute atomic E-state index is 0.151. The van der Waals surface area contributed by atoms with Crippen molar-refractivity contribution in [1.82, 2.24) is 9.97 Å². The molecule has 1 aliphatic heterocycles. The molecule has 0 amide bonds. The molecule has 0 spiro atoms. The molecular formula is C22H23FN6O. The molecule has 0 bridgehead atoms. The van der Waals surface area contributed by atoms with Crippen LogP contribution in [0.4, 0.5) is 27.5 Å². The molecule has 1 aliphatic rings. The molecule has 1 N–H and O–H groups in total. The van der Waals surface area contributed by atoms with E-state index in [4.69, 9.17) is 4.74 Å². The molecule has 0 aliphatic carbocycles. The Bertz CT molecular complexity index is 1020. The summed E-state index contributed by atoms with van der Waals surface area (Å²) in [6.45, 7) is 4.71. The van der Waals surface area contributed by atoms with Crippen LogP contribution in [0.3, 0.4) is 0 Å². The van der Waals surface area contributed by atoms with Crippen molar-refractivity contribution in [3.63, 3.8) is 0 Å². The maximum atomic E-state index is 14.1. The highest BCUT2D eigenvalue weighted by atomic mass is 19.1. The third-order valence-corrected chi connectivity index (χ3v) is 4.83. The Labute approximate surface area is 174 Å². The van der Waals surface area contributed by atoms with Crippen molar-refractivity contribution < 1.29 is 9.13 Å². The van der Waals surface area contributed by atoms with E-state index in [-0.39, 0.29) is 11.8 Å². The molecule has 0 radical (unpaired) electrons. The number of hydrogen-bond donors (Lipinski definition) is 1. The van der Waals surface area contributed by atoms with Gasteiger partial charge in [0.1, 0.15) is 0 Å². The van der Waals surface area contributed by atoms with Gasteiger partial charge in [0.2, 0.25) is 0 Å². The zero-order valence-corrected chi connectivity index (χ0v) is 16.8. The minimum atomic E-state index is -0.465. The van der Waals surface area contributed by atoms with Gasteiger partial charge in [-0.05, 0) is 42.3 Å². The Morgan fingerprint density at radius 2 is 1.90 bits per heavy atom. The maximum Gasteiger partial charge on any atom is 0.270 e. The second-order valence-corrected chi connectivity index (χ2v) is 6.97. The summed E-state index contributed by atoms with van der Waals surface area (Å²) in [5, 5.41) is 11.7. The number of benzene rings is 2. The van der Waals surface area contributed by atoms with Crippen LogP contribution >= 0.6 is 0 Å². The predicted octanol–water partition coefficient (Wildman–Crippen LogP) is 4.79. The first-order valence-electron chi connectivity index (χ1n) is 9.83. The van der Waals surface area contributed by atoms with Crippen molar-refractivity contribution >= 4 is 23.1 Å². The molecule has 4 rings (SSSR count). The fourth-order valence-corrected chi connectivity index (χ4v) is 3.21. The number of para-hydroxylation sites is 1. The van der Waals surface area contributed by atoms with Crippen molar-refractivity contribution in [2.45, 2.75) is 13.5 Å². The minimum Gasteiger partial charge on any atom is -0.378 e. The summed E-state index contributed by atoms with van der Waals surface area (Å²) >= 11 is 0. The number of ether oxygens (including phenoxy) is 1. The largest absolute Gasteiger partial charge is 0.378 e. The highest BCUT2D eigenvalue weighted by Gasteiger charge is 2.17. The third kappa shape index (κ3) is 4.96. The summed E-state index contributed by atoms with van der Waals surface area (Å²) in [4.78, 5) is 9.99. The number of aromatic nitrogens is 2. The molecule has 0 saturated carbocycles. The van der Waals surface area contributed by atoms with E-state index >= 15 is 0 Å². The van der Waals surface area contributed by atoms with Crippen LogP contribution in [0.2, 0.25) is 0 Å². The summed E-state index contributed by atoms with van der Waals surface area (Å²) in [6.07, 6.45) is 1.14. The summed E-state index contributed by atoms with van der Waals surface area (Å²) in [5.74, 6) is -0.0686. The fourth-order valence-electron chi connectivity index (χ4n) is 3.21. The summed E-state index contributed by atoms with van der Waals surface area (Å²) in [5.41, 5.74) is 4.20. The van der Waals surface area contributed by atoms with Crippen LogP contribution in [0.25, 0.3) is 0 Å². The molecule has 1 aromatic heterocycles. The monoisotopic (exact) mass is 406 g/mol. The number of rotatable bonds is 6. The number of hydrogen-bond acceptors (Lipinski definition) is 7. The van der Waals surface area contributed by atoms with Crippen molar-refractivity contribution in [2.75, 3.05) is 36.5 Å². The van der Waals surface area contributed by atoms with E-state index in [1.807, 2.05) is 54.3 Å². The molecule has 8 heteroatoms. The van der Waals surface area contributed by atoms with Crippen molar-refractivity contribution in [3.8, 4) is 0 Å². The highest BCUT2D eigenvalue weighted by molar-refractivity contribution is 5.60. The van der Waals surface area contributed by atoms with Gasteiger partial charge >= 0.3 is 0 Å². The Kier molecular flexibility index (Phi) is 6.24. The second-order valence-electron chi connectivity index (χ2n) is 6.97. The fraction of sp³-hybridized carbons (Fsp3) is 0.273. The molecule has 3 aromatic rings. The Morgan fingerprint density at radius 1 is 1.10 bits per heavy atom. The molecule has 7 nitrogen and oxygen atoms in total. The number of nitrogens with one attached hydrogen (secondary N) is 1. The van der Waals surface area contributed by atoms with Gasteiger partial charge in [-0.15, -0.1) is 5.11 Å². The Balaban J connectivity index is 1.41. The first-order chi connectivity index (χ1) is 14.7. The molecule has 0 atom stereocenters. The first-order valence-corrected chi connectivity index (χ1v) is 9.83. The number of azo groups is 1. The van der Waals surface area contributed by atoms with Gasteiger partial charge in [0, 0.05) is 24.5 Å². The zero-order chi connectivity index (χ0) is 20.8. The molecule has 30 heavy (non-hydrogen) atoms. The average molecular weight is 406 g/mol. The van der Waals surface area contributed by atoms with E-state index in [0.29, 0.717) is 32.8 Å². The molecule has 154 valence electrons. The molecule has 1 saturated heterocycles. The lowest BCUT2D eigenvalue weighted by molar-refractivity contribution is 0.122. The Morgan fingerprint density at radius 3 is 2.67 bits per heavy atom. The standard InChI is InChI=1S/C22H23FN6O/c1-16-13-19(26-18-5-3-2-4-6-18)8-7-17(16)14-25-28-22-24-15-20(23)21(27-22)29-9-11-30-12-10-29/h2-8,13,15,26H,9-12,14H2,1H3. The molecule has 2 aromatic carbocycles. The summed E-state index contributed by atoms with van der Waals surface area (Å²) in [7, 11) is 0. The number of halogens is 1. The van der Waals surface area contributed by atoms with Crippen molar-refractivity contribution in [2.24, 2.45) is 10.2 Å². The number of anilines is 3. The van der Waals surface area contributed by atoms with Crippen LogP contribution in [0.15, 0.2) is 65.0 Å². The van der Waals surface area contributed by atoms with Crippen LogP contribution in [-0.2, 0) is 11.3 Å². The number of aryl methyl sites for hydroxylation is 1. The molecule has 2 heterocycles. The van der Waals surface area contributed by atoms with E-state index in [9.17, 15) is 4.39 Å². The normalized spacial score (nSPS) is 14.3. The van der Waals surface area contributed by atoms with Crippen molar-refractivity contribution in [3.05, 3.63) is 71.7 Å². The maximum absolute atomic E-state index is 14.1.